The lowest BCUT2D eigenvalue weighted by molar-refractivity contribution is -0.139. The maximum Gasteiger partial charge on any atom is 0.416 e. The van der Waals surface area contributed by atoms with Crippen LogP contribution < -0.4 is 0 Å². The Morgan fingerprint density at radius 2 is 1.38 bits per heavy atom. The van der Waals surface area contributed by atoms with Crippen LogP contribution in [-0.4, -0.2) is 5.11 Å². The monoisotopic (exact) mass is 306 g/mol. The molecule has 1 unspecified atom stereocenters. The van der Waals surface area contributed by atoms with Crippen LogP contribution >= 0.6 is 0 Å². The average molecular weight is 306 g/mol. The van der Waals surface area contributed by atoms with Gasteiger partial charge >= 0.3 is 6.18 Å². The number of benzene rings is 2. The lowest BCUT2D eigenvalue weighted by Crippen LogP contribution is -2.13. The number of alkyl halides is 3. The summed E-state index contributed by atoms with van der Waals surface area (Å²) in [6.45, 7) is 0. The van der Waals surface area contributed by atoms with Crippen LogP contribution in [0.2, 0.25) is 0 Å². The molecule has 2 aromatic rings. The zero-order valence-electron chi connectivity index (χ0n) is 10.3. The SMILES string of the molecule is OC(c1cc(F)c(F)cc1F)c1ccccc1C(F)(F)F. The van der Waals surface area contributed by atoms with Gasteiger partial charge < -0.3 is 5.11 Å². The molecule has 0 fully saturated rings. The predicted molar refractivity (Wildman–Crippen MR) is 61.8 cm³/mol. The molecule has 0 amide bonds. The number of hydrogen-bond donors (Lipinski definition) is 1. The van der Waals surface area contributed by atoms with Crippen molar-refractivity contribution < 1.29 is 31.4 Å². The maximum absolute atomic E-state index is 13.5. The van der Waals surface area contributed by atoms with Gasteiger partial charge in [-0.3, -0.25) is 0 Å². The number of rotatable bonds is 2. The van der Waals surface area contributed by atoms with Crippen LogP contribution in [0.4, 0.5) is 26.3 Å². The zero-order valence-corrected chi connectivity index (χ0v) is 10.3. The Hall–Kier alpha value is -2.02. The summed E-state index contributed by atoms with van der Waals surface area (Å²) in [6.07, 6.45) is -6.84. The summed E-state index contributed by atoms with van der Waals surface area (Å²) in [5.74, 6) is -4.29. The summed E-state index contributed by atoms with van der Waals surface area (Å²) in [6, 6.07) is 4.46. The van der Waals surface area contributed by atoms with Crippen molar-refractivity contribution in [3.8, 4) is 0 Å². The van der Waals surface area contributed by atoms with Gasteiger partial charge in [0.15, 0.2) is 11.6 Å². The van der Waals surface area contributed by atoms with Crippen molar-refractivity contribution in [2.75, 3.05) is 0 Å². The molecule has 7 heteroatoms. The molecule has 0 heterocycles. The lowest BCUT2D eigenvalue weighted by Gasteiger charge is -2.18. The first kappa shape index (κ1) is 15.4. The molecule has 0 radical (unpaired) electrons. The third-order valence-electron chi connectivity index (χ3n) is 2.89. The van der Waals surface area contributed by atoms with Gasteiger partial charge in [0.2, 0.25) is 0 Å². The normalized spacial score (nSPS) is 13.3. The van der Waals surface area contributed by atoms with E-state index >= 15 is 0 Å². The predicted octanol–water partition coefficient (Wildman–Crippen LogP) is 4.20. The van der Waals surface area contributed by atoms with E-state index in [0.29, 0.717) is 12.1 Å². The minimum atomic E-state index is -4.77. The highest BCUT2D eigenvalue weighted by atomic mass is 19.4. The highest BCUT2D eigenvalue weighted by molar-refractivity contribution is 5.38. The molecule has 2 rings (SSSR count). The Morgan fingerprint density at radius 3 is 2.00 bits per heavy atom. The fourth-order valence-electron chi connectivity index (χ4n) is 1.91. The Balaban J connectivity index is 2.56. The summed E-state index contributed by atoms with van der Waals surface area (Å²) < 4.78 is 77.9. The van der Waals surface area contributed by atoms with Gasteiger partial charge in [0, 0.05) is 11.6 Å². The van der Waals surface area contributed by atoms with Gasteiger partial charge in [-0.2, -0.15) is 13.2 Å². The number of hydrogen-bond acceptors (Lipinski definition) is 1. The molecular weight excluding hydrogens is 298 g/mol. The van der Waals surface area contributed by atoms with Crippen molar-refractivity contribution in [3.05, 3.63) is 70.5 Å². The van der Waals surface area contributed by atoms with Crippen molar-refractivity contribution in [1.82, 2.24) is 0 Å². The fraction of sp³-hybridized carbons (Fsp3) is 0.143. The first-order valence-corrected chi connectivity index (χ1v) is 5.70. The first-order chi connectivity index (χ1) is 9.71. The molecule has 0 aliphatic heterocycles. The van der Waals surface area contributed by atoms with Gasteiger partial charge in [0.05, 0.1) is 5.56 Å². The first-order valence-electron chi connectivity index (χ1n) is 5.70. The van der Waals surface area contributed by atoms with Crippen LogP contribution in [0.25, 0.3) is 0 Å². The molecule has 0 aromatic heterocycles. The van der Waals surface area contributed by atoms with Crippen molar-refractivity contribution >= 4 is 0 Å². The zero-order chi connectivity index (χ0) is 15.8. The summed E-state index contributed by atoms with van der Waals surface area (Å²) in [5, 5.41) is 9.90. The van der Waals surface area contributed by atoms with Gasteiger partial charge in [-0.25, -0.2) is 13.2 Å². The molecule has 2 aromatic carbocycles. The van der Waals surface area contributed by atoms with Crippen LogP contribution in [0.3, 0.4) is 0 Å². The number of halogens is 6. The summed E-state index contributed by atoms with van der Waals surface area (Å²) in [5.41, 5.74) is -2.60. The second-order valence-corrected chi connectivity index (χ2v) is 4.28. The summed E-state index contributed by atoms with van der Waals surface area (Å²) >= 11 is 0. The Morgan fingerprint density at radius 1 is 0.810 bits per heavy atom. The highest BCUT2D eigenvalue weighted by Gasteiger charge is 2.35. The molecule has 0 bridgehead atoms. The van der Waals surface area contributed by atoms with E-state index in [1.54, 1.807) is 0 Å². The molecule has 21 heavy (non-hydrogen) atoms. The molecule has 0 saturated carbocycles. The van der Waals surface area contributed by atoms with Crippen LogP contribution in [0.1, 0.15) is 22.8 Å². The van der Waals surface area contributed by atoms with Crippen molar-refractivity contribution in [1.29, 1.82) is 0 Å². The van der Waals surface area contributed by atoms with Crippen molar-refractivity contribution in [2.24, 2.45) is 0 Å². The summed E-state index contributed by atoms with van der Waals surface area (Å²) in [4.78, 5) is 0. The third kappa shape index (κ3) is 3.02. The minimum Gasteiger partial charge on any atom is -0.384 e. The maximum atomic E-state index is 13.5. The molecule has 1 N–H and O–H groups in total. The van der Waals surface area contributed by atoms with E-state index in [1.165, 1.54) is 6.07 Å². The van der Waals surface area contributed by atoms with E-state index in [4.69, 9.17) is 0 Å². The van der Waals surface area contributed by atoms with Gasteiger partial charge in [-0.05, 0) is 17.7 Å². The average Bonchev–Trinajstić information content (AvgIpc) is 2.41. The van der Waals surface area contributed by atoms with E-state index in [9.17, 15) is 31.4 Å². The quantitative estimate of drug-likeness (QED) is 0.651. The van der Waals surface area contributed by atoms with E-state index in [2.05, 4.69) is 0 Å². The lowest BCUT2D eigenvalue weighted by atomic mass is 9.96. The molecule has 112 valence electrons. The van der Waals surface area contributed by atoms with E-state index in [0.717, 1.165) is 12.1 Å². The van der Waals surface area contributed by atoms with E-state index in [-0.39, 0.29) is 6.07 Å². The standard InChI is InChI=1S/C14H8F6O/c15-10-6-12(17)11(16)5-8(10)13(21)7-3-1-2-4-9(7)14(18,19)20/h1-6,13,21H. The smallest absolute Gasteiger partial charge is 0.384 e. The van der Waals surface area contributed by atoms with Crippen molar-refractivity contribution in [2.45, 2.75) is 12.3 Å². The molecule has 1 nitrogen and oxygen atoms in total. The molecular formula is C14H8F6O. The van der Waals surface area contributed by atoms with Gasteiger partial charge in [-0.15, -0.1) is 0 Å². The largest absolute Gasteiger partial charge is 0.416 e. The number of aliphatic hydroxyl groups excluding tert-OH is 1. The van der Waals surface area contributed by atoms with Crippen LogP contribution in [0.5, 0.6) is 0 Å². The molecule has 0 saturated heterocycles. The second-order valence-electron chi connectivity index (χ2n) is 4.28. The molecule has 1 atom stereocenters. The number of aliphatic hydroxyl groups is 1. The Kier molecular flexibility index (Phi) is 3.95. The van der Waals surface area contributed by atoms with Crippen molar-refractivity contribution in [3.63, 3.8) is 0 Å². The van der Waals surface area contributed by atoms with Gasteiger partial charge in [-0.1, -0.05) is 18.2 Å². The van der Waals surface area contributed by atoms with E-state index in [1.807, 2.05) is 0 Å². The Bertz CT molecular complexity index is 665. The van der Waals surface area contributed by atoms with Crippen LogP contribution in [0, 0.1) is 17.5 Å². The van der Waals surface area contributed by atoms with E-state index < -0.39 is 46.4 Å². The molecule has 0 spiro atoms. The third-order valence-corrected chi connectivity index (χ3v) is 2.89. The molecule has 0 aliphatic carbocycles. The van der Waals surface area contributed by atoms with Crippen LogP contribution in [0.15, 0.2) is 36.4 Å². The highest BCUT2D eigenvalue weighted by Crippen LogP contribution is 2.37. The Labute approximate surface area is 115 Å². The minimum absolute atomic E-state index is 0.171. The fourth-order valence-corrected chi connectivity index (χ4v) is 1.91. The van der Waals surface area contributed by atoms with Crippen LogP contribution in [-0.2, 0) is 6.18 Å². The van der Waals surface area contributed by atoms with Gasteiger partial charge in [0.25, 0.3) is 0 Å². The topological polar surface area (TPSA) is 20.2 Å². The van der Waals surface area contributed by atoms with Gasteiger partial charge in [0.1, 0.15) is 11.9 Å². The molecule has 0 aliphatic rings. The summed E-state index contributed by atoms with van der Waals surface area (Å²) in [7, 11) is 0. The second kappa shape index (κ2) is 5.40.